The molecule has 0 amide bonds. The van der Waals surface area contributed by atoms with Crippen LogP contribution in [0.5, 0.6) is 0 Å². The highest BCUT2D eigenvalue weighted by molar-refractivity contribution is 5.50. The fraction of sp³-hybridized carbons (Fsp3) is 0.714. The van der Waals surface area contributed by atoms with Crippen LogP contribution in [0.2, 0.25) is 0 Å². The van der Waals surface area contributed by atoms with Gasteiger partial charge in [0.1, 0.15) is 11.6 Å². The van der Waals surface area contributed by atoms with Gasteiger partial charge in [-0.3, -0.25) is 0 Å². The van der Waals surface area contributed by atoms with Gasteiger partial charge in [0.25, 0.3) is 0 Å². The van der Waals surface area contributed by atoms with Crippen molar-refractivity contribution in [2.24, 2.45) is 17.8 Å². The molecule has 0 unspecified atom stereocenters. The Labute approximate surface area is 116 Å². The van der Waals surface area contributed by atoms with E-state index < -0.39 is 0 Å². The summed E-state index contributed by atoms with van der Waals surface area (Å²) in [7, 11) is 0. The molecule has 1 heterocycles. The average Bonchev–Trinajstić information content (AvgIpc) is 2.27. The first-order valence-corrected chi connectivity index (χ1v) is 7.06. The topological polar surface area (TPSA) is 75.9 Å². The first kappa shape index (κ1) is 15.5. The third-order valence-corrected chi connectivity index (χ3v) is 3.33. The SMILES string of the molecule is CCNc1cc(NCC(C(C)C)C(C)C)nc(N)n1. The smallest absolute Gasteiger partial charge is 0.223 e. The summed E-state index contributed by atoms with van der Waals surface area (Å²) in [6.45, 7) is 12.8. The van der Waals surface area contributed by atoms with Gasteiger partial charge in [-0.15, -0.1) is 0 Å². The van der Waals surface area contributed by atoms with Gasteiger partial charge in [-0.2, -0.15) is 9.97 Å². The molecule has 0 bridgehead atoms. The fourth-order valence-corrected chi connectivity index (χ4v) is 2.29. The summed E-state index contributed by atoms with van der Waals surface area (Å²) in [5, 5.41) is 6.53. The van der Waals surface area contributed by atoms with Crippen molar-refractivity contribution in [1.29, 1.82) is 0 Å². The highest BCUT2D eigenvalue weighted by Crippen LogP contribution is 2.21. The fourth-order valence-electron chi connectivity index (χ4n) is 2.29. The van der Waals surface area contributed by atoms with Crippen LogP contribution in [0, 0.1) is 17.8 Å². The quantitative estimate of drug-likeness (QED) is 0.707. The van der Waals surface area contributed by atoms with E-state index in [4.69, 9.17) is 5.73 Å². The van der Waals surface area contributed by atoms with Gasteiger partial charge in [0.05, 0.1) is 0 Å². The second-order valence-corrected chi connectivity index (χ2v) is 5.56. The van der Waals surface area contributed by atoms with Crippen LogP contribution in [0.3, 0.4) is 0 Å². The van der Waals surface area contributed by atoms with E-state index in [-0.39, 0.29) is 0 Å². The van der Waals surface area contributed by atoms with E-state index in [2.05, 4.69) is 48.3 Å². The van der Waals surface area contributed by atoms with E-state index in [1.807, 2.05) is 13.0 Å². The maximum absolute atomic E-state index is 5.71. The Bertz CT molecular complexity index is 381. The number of nitrogen functional groups attached to an aromatic ring is 1. The molecule has 5 heteroatoms. The van der Waals surface area contributed by atoms with Crippen molar-refractivity contribution >= 4 is 17.6 Å². The summed E-state index contributed by atoms with van der Waals surface area (Å²) >= 11 is 0. The number of aromatic nitrogens is 2. The number of hydrogen-bond donors (Lipinski definition) is 3. The van der Waals surface area contributed by atoms with Crippen molar-refractivity contribution in [3.8, 4) is 0 Å². The molecule has 4 N–H and O–H groups in total. The van der Waals surface area contributed by atoms with Crippen LogP contribution in [0.4, 0.5) is 17.6 Å². The van der Waals surface area contributed by atoms with Gasteiger partial charge in [-0.05, 0) is 24.7 Å². The number of rotatable bonds is 7. The Kier molecular flexibility index (Phi) is 5.86. The van der Waals surface area contributed by atoms with E-state index in [0.717, 1.165) is 24.7 Å². The number of nitrogens with zero attached hydrogens (tertiary/aromatic N) is 2. The summed E-state index contributed by atoms with van der Waals surface area (Å²) < 4.78 is 0. The van der Waals surface area contributed by atoms with Crippen LogP contribution in [-0.4, -0.2) is 23.1 Å². The van der Waals surface area contributed by atoms with E-state index in [0.29, 0.717) is 23.7 Å². The standard InChI is InChI=1S/C14H27N5/c1-6-16-12-7-13(19-14(15)18-12)17-8-11(9(2)3)10(4)5/h7,9-11H,6,8H2,1-5H3,(H4,15,16,17,18,19). The molecule has 0 aromatic carbocycles. The number of hydrogen-bond acceptors (Lipinski definition) is 5. The Hall–Kier alpha value is -1.52. The lowest BCUT2D eigenvalue weighted by Crippen LogP contribution is -2.25. The van der Waals surface area contributed by atoms with Gasteiger partial charge in [-0.1, -0.05) is 27.7 Å². The van der Waals surface area contributed by atoms with Crippen molar-refractivity contribution in [3.63, 3.8) is 0 Å². The van der Waals surface area contributed by atoms with Crippen LogP contribution < -0.4 is 16.4 Å². The molecule has 0 radical (unpaired) electrons. The molecule has 1 aromatic heterocycles. The first-order valence-electron chi connectivity index (χ1n) is 7.06. The molecule has 0 fully saturated rings. The molecular weight excluding hydrogens is 238 g/mol. The minimum atomic E-state index is 0.298. The van der Waals surface area contributed by atoms with Crippen molar-refractivity contribution in [1.82, 2.24) is 9.97 Å². The highest BCUT2D eigenvalue weighted by Gasteiger charge is 2.17. The molecule has 0 atom stereocenters. The zero-order valence-corrected chi connectivity index (χ0v) is 12.7. The lowest BCUT2D eigenvalue weighted by atomic mass is 9.85. The van der Waals surface area contributed by atoms with Crippen molar-refractivity contribution in [2.45, 2.75) is 34.6 Å². The van der Waals surface area contributed by atoms with E-state index >= 15 is 0 Å². The van der Waals surface area contributed by atoms with E-state index in [1.165, 1.54) is 0 Å². The van der Waals surface area contributed by atoms with Crippen molar-refractivity contribution in [3.05, 3.63) is 6.07 Å². The first-order chi connectivity index (χ1) is 8.93. The zero-order chi connectivity index (χ0) is 14.4. The monoisotopic (exact) mass is 265 g/mol. The third-order valence-electron chi connectivity index (χ3n) is 3.33. The maximum Gasteiger partial charge on any atom is 0.223 e. The minimum absolute atomic E-state index is 0.298. The summed E-state index contributed by atoms with van der Waals surface area (Å²) in [5.74, 6) is 3.74. The second kappa shape index (κ2) is 7.16. The van der Waals surface area contributed by atoms with Gasteiger partial charge in [0.15, 0.2) is 0 Å². The number of nitrogens with one attached hydrogen (secondary N) is 2. The summed E-state index contributed by atoms with van der Waals surface area (Å²) in [4.78, 5) is 8.36. The maximum atomic E-state index is 5.71. The highest BCUT2D eigenvalue weighted by atomic mass is 15.1. The average molecular weight is 265 g/mol. The van der Waals surface area contributed by atoms with Crippen molar-refractivity contribution < 1.29 is 0 Å². The predicted octanol–water partition coefficient (Wildman–Crippen LogP) is 2.83. The normalized spacial score (nSPS) is 11.4. The van der Waals surface area contributed by atoms with Gasteiger partial charge < -0.3 is 16.4 Å². The molecule has 0 aliphatic heterocycles. The molecular formula is C14H27N5. The molecule has 0 spiro atoms. The largest absolute Gasteiger partial charge is 0.370 e. The lowest BCUT2D eigenvalue weighted by molar-refractivity contribution is 0.304. The molecule has 5 nitrogen and oxygen atoms in total. The van der Waals surface area contributed by atoms with Gasteiger partial charge in [-0.25, -0.2) is 0 Å². The summed E-state index contributed by atoms with van der Waals surface area (Å²) in [6, 6.07) is 1.90. The lowest BCUT2D eigenvalue weighted by Gasteiger charge is -2.25. The van der Waals surface area contributed by atoms with Crippen LogP contribution in [0.15, 0.2) is 6.07 Å². The number of nitrogens with two attached hydrogens (primary N) is 1. The molecule has 0 aliphatic rings. The molecule has 1 rings (SSSR count). The van der Waals surface area contributed by atoms with Crippen LogP contribution in [-0.2, 0) is 0 Å². The van der Waals surface area contributed by atoms with Gasteiger partial charge in [0.2, 0.25) is 5.95 Å². The van der Waals surface area contributed by atoms with Crippen LogP contribution in [0.25, 0.3) is 0 Å². The second-order valence-electron chi connectivity index (χ2n) is 5.56. The molecule has 0 aliphatic carbocycles. The minimum Gasteiger partial charge on any atom is -0.370 e. The van der Waals surface area contributed by atoms with Crippen molar-refractivity contribution in [2.75, 3.05) is 29.5 Å². The molecule has 19 heavy (non-hydrogen) atoms. The molecule has 108 valence electrons. The van der Waals surface area contributed by atoms with Gasteiger partial charge in [0, 0.05) is 19.2 Å². The Morgan fingerprint density at radius 3 is 2.05 bits per heavy atom. The third kappa shape index (κ3) is 4.93. The summed E-state index contributed by atoms with van der Waals surface area (Å²) in [6.07, 6.45) is 0. The van der Waals surface area contributed by atoms with Crippen LogP contribution >= 0.6 is 0 Å². The van der Waals surface area contributed by atoms with Crippen LogP contribution in [0.1, 0.15) is 34.6 Å². The number of anilines is 3. The van der Waals surface area contributed by atoms with Gasteiger partial charge >= 0.3 is 0 Å². The summed E-state index contributed by atoms with van der Waals surface area (Å²) in [5.41, 5.74) is 5.71. The molecule has 0 saturated carbocycles. The molecule has 1 aromatic rings. The predicted molar refractivity (Wildman–Crippen MR) is 82.3 cm³/mol. The zero-order valence-electron chi connectivity index (χ0n) is 12.7. The Morgan fingerprint density at radius 2 is 1.58 bits per heavy atom. The molecule has 0 saturated heterocycles. The Morgan fingerprint density at radius 1 is 1.05 bits per heavy atom. The van der Waals surface area contributed by atoms with E-state index in [1.54, 1.807) is 0 Å². The Balaban J connectivity index is 2.71. The van der Waals surface area contributed by atoms with E-state index in [9.17, 15) is 0 Å².